The third kappa shape index (κ3) is 2.55. The van der Waals surface area contributed by atoms with Crippen LogP contribution in [0.3, 0.4) is 0 Å². The Balaban J connectivity index is 2.43. The van der Waals surface area contributed by atoms with E-state index in [4.69, 9.17) is 15.7 Å². The number of nitrogens with zero attached hydrogens (tertiary/aromatic N) is 2. The quantitative estimate of drug-likeness (QED) is 0.883. The van der Waals surface area contributed by atoms with Crippen molar-refractivity contribution >= 4 is 27.5 Å². The van der Waals surface area contributed by atoms with Crippen molar-refractivity contribution in [2.45, 2.75) is 6.04 Å². The van der Waals surface area contributed by atoms with E-state index in [0.29, 0.717) is 13.2 Å². The zero-order valence-corrected chi connectivity index (χ0v) is 11.5. The predicted octanol–water partition coefficient (Wildman–Crippen LogP) is 1.15. The molecule has 0 saturated carbocycles. The Kier molecular flexibility index (Phi) is 4.02. The Hall–Kier alpha value is -1.65. The van der Waals surface area contributed by atoms with Crippen LogP contribution in [-0.4, -0.2) is 31.7 Å². The van der Waals surface area contributed by atoms with Gasteiger partial charge in [0, 0.05) is 6.54 Å². The lowest BCUT2D eigenvalue weighted by molar-refractivity contribution is -0.121. The average molecular weight is 328 g/mol. The highest BCUT2D eigenvalue weighted by Gasteiger charge is 2.30. The topological polar surface area (TPSA) is 79.3 Å². The lowest BCUT2D eigenvalue weighted by Crippen LogP contribution is -2.53. The van der Waals surface area contributed by atoms with Crippen LogP contribution in [0.2, 0.25) is 0 Å². The van der Waals surface area contributed by atoms with E-state index in [-0.39, 0.29) is 22.3 Å². The van der Waals surface area contributed by atoms with E-state index in [0.717, 1.165) is 0 Å². The zero-order valence-electron chi connectivity index (χ0n) is 9.90. The van der Waals surface area contributed by atoms with Crippen LogP contribution in [0.1, 0.15) is 5.56 Å². The molecule has 19 heavy (non-hydrogen) atoms. The standard InChI is InChI=1S/C12H11BrFN3O2/c13-10-7(5-15)1-2-8(11(10)14)17-3-4-19-6-9(17)12(16)18/h1-2,9H,3-4,6H2,(H2,16,18). The maximum atomic E-state index is 14.2. The summed E-state index contributed by atoms with van der Waals surface area (Å²) in [5, 5.41) is 8.83. The molecule has 1 unspecified atom stereocenters. The zero-order chi connectivity index (χ0) is 14.0. The second-order valence-electron chi connectivity index (χ2n) is 4.06. The lowest BCUT2D eigenvalue weighted by atomic mass is 10.1. The minimum Gasteiger partial charge on any atom is -0.377 e. The number of rotatable bonds is 2. The monoisotopic (exact) mass is 327 g/mol. The van der Waals surface area contributed by atoms with Crippen molar-refractivity contribution in [1.82, 2.24) is 0 Å². The van der Waals surface area contributed by atoms with Crippen molar-refractivity contribution < 1.29 is 13.9 Å². The summed E-state index contributed by atoms with van der Waals surface area (Å²) in [5.74, 6) is -1.15. The lowest BCUT2D eigenvalue weighted by Gasteiger charge is -2.35. The van der Waals surface area contributed by atoms with Gasteiger partial charge in [-0.25, -0.2) is 4.39 Å². The molecule has 0 bridgehead atoms. The Morgan fingerprint density at radius 3 is 3.00 bits per heavy atom. The van der Waals surface area contributed by atoms with Crippen LogP contribution >= 0.6 is 15.9 Å². The highest BCUT2D eigenvalue weighted by atomic mass is 79.9. The van der Waals surface area contributed by atoms with Crippen molar-refractivity contribution in [2.24, 2.45) is 5.73 Å². The summed E-state index contributed by atoms with van der Waals surface area (Å²) in [5.41, 5.74) is 5.73. The van der Waals surface area contributed by atoms with Crippen LogP contribution < -0.4 is 10.6 Å². The molecule has 2 N–H and O–H groups in total. The number of carbonyl (C=O) groups excluding carboxylic acids is 1. The molecule has 0 aliphatic carbocycles. The Morgan fingerprint density at radius 2 is 2.37 bits per heavy atom. The molecule has 1 heterocycles. The number of nitriles is 1. The van der Waals surface area contributed by atoms with Crippen LogP contribution in [0.15, 0.2) is 16.6 Å². The summed E-state index contributed by atoms with van der Waals surface area (Å²) in [6, 6.07) is 4.14. The maximum Gasteiger partial charge on any atom is 0.242 e. The van der Waals surface area contributed by atoms with Gasteiger partial charge in [-0.3, -0.25) is 4.79 Å². The predicted molar refractivity (Wildman–Crippen MR) is 70.0 cm³/mol. The summed E-state index contributed by atoms with van der Waals surface area (Å²) < 4.78 is 19.5. The smallest absolute Gasteiger partial charge is 0.242 e. The molecule has 1 atom stereocenters. The first kappa shape index (κ1) is 13.8. The van der Waals surface area contributed by atoms with Gasteiger partial charge in [0.2, 0.25) is 5.91 Å². The number of carbonyl (C=O) groups is 1. The van der Waals surface area contributed by atoms with Gasteiger partial charge >= 0.3 is 0 Å². The SMILES string of the molecule is N#Cc1ccc(N2CCOCC2C(N)=O)c(F)c1Br. The second kappa shape index (κ2) is 5.55. The van der Waals surface area contributed by atoms with Crippen LogP contribution in [0.25, 0.3) is 0 Å². The first-order valence-corrected chi connectivity index (χ1v) is 6.37. The third-order valence-electron chi connectivity index (χ3n) is 2.95. The highest BCUT2D eigenvalue weighted by molar-refractivity contribution is 9.10. The molecule has 0 spiro atoms. The number of nitrogens with two attached hydrogens (primary N) is 1. The van der Waals surface area contributed by atoms with E-state index >= 15 is 0 Å². The number of hydrogen-bond donors (Lipinski definition) is 1. The molecule has 0 aromatic heterocycles. The molecule has 0 radical (unpaired) electrons. The Morgan fingerprint density at radius 1 is 1.63 bits per heavy atom. The van der Waals surface area contributed by atoms with Gasteiger partial charge in [-0.1, -0.05) is 0 Å². The number of anilines is 1. The number of hydrogen-bond acceptors (Lipinski definition) is 4. The number of benzene rings is 1. The molecular weight excluding hydrogens is 317 g/mol. The van der Waals surface area contributed by atoms with Crippen molar-refractivity contribution in [2.75, 3.05) is 24.7 Å². The van der Waals surface area contributed by atoms with Crippen molar-refractivity contribution in [3.05, 3.63) is 28.0 Å². The molecule has 100 valence electrons. The average Bonchev–Trinajstić information content (AvgIpc) is 2.42. The molecule has 1 aromatic rings. The second-order valence-corrected chi connectivity index (χ2v) is 4.85. The molecule has 1 amide bonds. The van der Waals surface area contributed by atoms with Crippen LogP contribution in [0.4, 0.5) is 10.1 Å². The summed E-state index contributed by atoms with van der Waals surface area (Å²) in [7, 11) is 0. The summed E-state index contributed by atoms with van der Waals surface area (Å²) in [6.07, 6.45) is 0. The minimum atomic E-state index is -0.705. The first-order valence-electron chi connectivity index (χ1n) is 5.58. The van der Waals surface area contributed by atoms with E-state index in [1.165, 1.54) is 12.1 Å². The number of morpholine rings is 1. The maximum absolute atomic E-state index is 14.2. The van der Waals surface area contributed by atoms with Gasteiger partial charge in [0.25, 0.3) is 0 Å². The van der Waals surface area contributed by atoms with Crippen molar-refractivity contribution in [1.29, 1.82) is 5.26 Å². The van der Waals surface area contributed by atoms with Gasteiger partial charge < -0.3 is 15.4 Å². The molecular formula is C12H11BrFN3O2. The molecule has 1 saturated heterocycles. The fourth-order valence-electron chi connectivity index (χ4n) is 1.98. The highest BCUT2D eigenvalue weighted by Crippen LogP contribution is 2.31. The normalized spacial score (nSPS) is 19.0. The van der Waals surface area contributed by atoms with E-state index in [1.807, 2.05) is 6.07 Å². The van der Waals surface area contributed by atoms with Crippen molar-refractivity contribution in [3.8, 4) is 6.07 Å². The van der Waals surface area contributed by atoms with Gasteiger partial charge in [-0.15, -0.1) is 0 Å². The summed E-state index contributed by atoms with van der Waals surface area (Å²) in [4.78, 5) is 12.9. The van der Waals surface area contributed by atoms with Crippen LogP contribution in [0.5, 0.6) is 0 Å². The van der Waals surface area contributed by atoms with Crippen molar-refractivity contribution in [3.63, 3.8) is 0 Å². The molecule has 1 fully saturated rings. The van der Waals surface area contributed by atoms with Gasteiger partial charge in [0.1, 0.15) is 12.1 Å². The van der Waals surface area contributed by atoms with E-state index in [9.17, 15) is 9.18 Å². The Bertz CT molecular complexity index is 559. The van der Waals surface area contributed by atoms with Crippen LogP contribution in [0, 0.1) is 17.1 Å². The van der Waals surface area contributed by atoms with E-state index in [2.05, 4.69) is 15.9 Å². The number of halogens is 2. The van der Waals surface area contributed by atoms with Crippen LogP contribution in [-0.2, 0) is 9.53 Å². The number of amides is 1. The molecule has 1 aromatic carbocycles. The fourth-order valence-corrected chi connectivity index (χ4v) is 2.40. The number of ether oxygens (including phenoxy) is 1. The summed E-state index contributed by atoms with van der Waals surface area (Å²) in [6.45, 7) is 0.885. The third-order valence-corrected chi connectivity index (χ3v) is 3.72. The van der Waals surface area contributed by atoms with E-state index < -0.39 is 17.8 Å². The van der Waals surface area contributed by atoms with Gasteiger partial charge in [-0.05, 0) is 28.1 Å². The minimum absolute atomic E-state index is 0.0854. The van der Waals surface area contributed by atoms with Gasteiger partial charge in [0.15, 0.2) is 5.82 Å². The molecule has 7 heteroatoms. The first-order chi connectivity index (χ1) is 9.06. The molecule has 2 rings (SSSR count). The van der Waals surface area contributed by atoms with Gasteiger partial charge in [-0.2, -0.15) is 5.26 Å². The largest absolute Gasteiger partial charge is 0.377 e. The summed E-state index contributed by atoms with van der Waals surface area (Å²) >= 11 is 3.04. The molecule has 5 nitrogen and oxygen atoms in total. The number of primary amides is 1. The Labute approximate surface area is 117 Å². The van der Waals surface area contributed by atoms with Gasteiger partial charge in [0.05, 0.1) is 28.9 Å². The molecule has 1 aliphatic heterocycles. The molecule has 1 aliphatic rings. The van der Waals surface area contributed by atoms with E-state index in [1.54, 1.807) is 4.90 Å². The fraction of sp³-hybridized carbons (Fsp3) is 0.333.